The first-order chi connectivity index (χ1) is 9.45. The Morgan fingerprint density at radius 1 is 1.05 bits per heavy atom. The summed E-state index contributed by atoms with van der Waals surface area (Å²) in [7, 11) is 0. The van der Waals surface area contributed by atoms with Gasteiger partial charge in [-0.25, -0.2) is 8.78 Å². The normalized spacial score (nSPS) is 12.0. The molecule has 0 radical (unpaired) electrons. The van der Waals surface area contributed by atoms with Crippen LogP contribution in [0, 0.1) is 18.6 Å². The molecule has 2 nitrogen and oxygen atoms in total. The van der Waals surface area contributed by atoms with Gasteiger partial charge in [-0.1, -0.05) is 29.8 Å². The van der Waals surface area contributed by atoms with Gasteiger partial charge < -0.3 is 4.74 Å². The molecule has 4 heteroatoms. The van der Waals surface area contributed by atoms with Crippen molar-refractivity contribution >= 4 is 5.78 Å². The van der Waals surface area contributed by atoms with Gasteiger partial charge in [-0.05, 0) is 13.8 Å². The van der Waals surface area contributed by atoms with Crippen LogP contribution in [0.5, 0.6) is 5.75 Å². The predicted octanol–water partition coefficient (Wildman–Crippen LogP) is 3.92. The first-order valence-corrected chi connectivity index (χ1v) is 6.19. The molecular weight excluding hydrogens is 262 g/mol. The molecular formula is C16H14F2O2. The minimum atomic E-state index is -0.820. The lowest BCUT2D eigenvalue weighted by Gasteiger charge is -2.14. The van der Waals surface area contributed by atoms with Gasteiger partial charge in [-0.2, -0.15) is 0 Å². The van der Waals surface area contributed by atoms with Crippen LogP contribution in [0.2, 0.25) is 0 Å². The van der Waals surface area contributed by atoms with Crippen LogP contribution in [0.25, 0.3) is 0 Å². The molecule has 0 aliphatic heterocycles. The molecule has 0 fully saturated rings. The van der Waals surface area contributed by atoms with Crippen molar-refractivity contribution in [3.8, 4) is 5.75 Å². The first-order valence-electron chi connectivity index (χ1n) is 6.19. The molecule has 0 bridgehead atoms. The second-order valence-electron chi connectivity index (χ2n) is 4.60. The van der Waals surface area contributed by atoms with E-state index in [0.717, 1.165) is 23.8 Å². The van der Waals surface area contributed by atoms with Crippen LogP contribution in [0.3, 0.4) is 0 Å². The van der Waals surface area contributed by atoms with Crippen molar-refractivity contribution in [2.45, 2.75) is 20.0 Å². The number of benzene rings is 2. The summed E-state index contributed by atoms with van der Waals surface area (Å²) < 4.78 is 31.4. The number of carbonyl (C=O) groups excluding carboxylic acids is 1. The van der Waals surface area contributed by atoms with E-state index >= 15 is 0 Å². The maximum atomic E-state index is 13.0. The third kappa shape index (κ3) is 3.41. The summed E-state index contributed by atoms with van der Waals surface area (Å²) >= 11 is 0. The standard InChI is InChI=1S/C16H14F2O2/c1-10-3-5-12(6-4-10)16(19)11(2)20-15-8-13(17)7-14(18)9-15/h3-9,11H,1-2H3. The highest BCUT2D eigenvalue weighted by atomic mass is 19.1. The number of halogens is 2. The third-order valence-corrected chi connectivity index (χ3v) is 2.85. The summed E-state index contributed by atoms with van der Waals surface area (Å²) in [5.74, 6) is -1.73. The van der Waals surface area contributed by atoms with Crippen LogP contribution in [0.15, 0.2) is 42.5 Å². The molecule has 0 spiro atoms. The van der Waals surface area contributed by atoms with Gasteiger partial charge in [0.05, 0.1) is 0 Å². The minimum Gasteiger partial charge on any atom is -0.482 e. The van der Waals surface area contributed by atoms with E-state index in [1.165, 1.54) is 0 Å². The van der Waals surface area contributed by atoms with E-state index in [2.05, 4.69) is 0 Å². The molecule has 0 amide bonds. The zero-order valence-corrected chi connectivity index (χ0v) is 11.2. The highest BCUT2D eigenvalue weighted by molar-refractivity contribution is 5.99. The van der Waals surface area contributed by atoms with Crippen LogP contribution in [0.4, 0.5) is 8.78 Å². The maximum absolute atomic E-state index is 13.0. The zero-order valence-electron chi connectivity index (χ0n) is 11.2. The van der Waals surface area contributed by atoms with Crippen LogP contribution in [-0.4, -0.2) is 11.9 Å². The summed E-state index contributed by atoms with van der Waals surface area (Å²) in [5.41, 5.74) is 1.54. The van der Waals surface area contributed by atoms with Crippen molar-refractivity contribution in [2.24, 2.45) is 0 Å². The highest BCUT2D eigenvalue weighted by Crippen LogP contribution is 2.18. The van der Waals surface area contributed by atoms with Gasteiger partial charge in [0.15, 0.2) is 6.10 Å². The smallest absolute Gasteiger partial charge is 0.202 e. The molecule has 0 aliphatic rings. The molecule has 0 N–H and O–H groups in total. The predicted molar refractivity (Wildman–Crippen MR) is 72.0 cm³/mol. The Bertz CT molecular complexity index is 601. The molecule has 0 saturated heterocycles. The Morgan fingerprint density at radius 3 is 2.15 bits per heavy atom. The van der Waals surface area contributed by atoms with Gasteiger partial charge in [0.2, 0.25) is 5.78 Å². The molecule has 0 heterocycles. The van der Waals surface area contributed by atoms with Crippen molar-refractivity contribution in [3.63, 3.8) is 0 Å². The van der Waals surface area contributed by atoms with E-state index in [4.69, 9.17) is 4.74 Å². The molecule has 0 aromatic heterocycles. The van der Waals surface area contributed by atoms with E-state index in [1.807, 2.05) is 19.1 Å². The molecule has 2 aromatic rings. The van der Waals surface area contributed by atoms with E-state index < -0.39 is 17.7 Å². The molecule has 2 rings (SSSR count). The summed E-state index contributed by atoms with van der Waals surface area (Å²) in [5, 5.41) is 0. The lowest BCUT2D eigenvalue weighted by molar-refractivity contribution is 0.0817. The fourth-order valence-electron chi connectivity index (χ4n) is 1.81. The molecule has 104 valence electrons. The number of Topliss-reactive ketones (excluding diaryl/α,β-unsaturated/α-hetero) is 1. The Labute approximate surface area is 116 Å². The second kappa shape index (κ2) is 5.82. The number of aryl methyl sites for hydroxylation is 1. The van der Waals surface area contributed by atoms with Gasteiger partial charge in [0.1, 0.15) is 17.4 Å². The van der Waals surface area contributed by atoms with Crippen molar-refractivity contribution in [2.75, 3.05) is 0 Å². The number of rotatable bonds is 4. The third-order valence-electron chi connectivity index (χ3n) is 2.85. The van der Waals surface area contributed by atoms with Gasteiger partial charge in [-0.15, -0.1) is 0 Å². The Hall–Kier alpha value is -2.23. The van der Waals surface area contributed by atoms with Crippen molar-refractivity contribution in [1.82, 2.24) is 0 Å². The molecule has 2 aromatic carbocycles. The molecule has 20 heavy (non-hydrogen) atoms. The lowest BCUT2D eigenvalue weighted by atomic mass is 10.1. The summed E-state index contributed by atoms with van der Waals surface area (Å²) in [4.78, 5) is 12.1. The minimum absolute atomic E-state index is 0.00420. The first kappa shape index (κ1) is 14.2. The van der Waals surface area contributed by atoms with Gasteiger partial charge in [-0.3, -0.25) is 4.79 Å². The monoisotopic (exact) mass is 276 g/mol. The van der Waals surface area contributed by atoms with E-state index in [-0.39, 0.29) is 11.5 Å². The summed E-state index contributed by atoms with van der Waals surface area (Å²) in [6, 6.07) is 9.88. The maximum Gasteiger partial charge on any atom is 0.202 e. The van der Waals surface area contributed by atoms with Crippen LogP contribution >= 0.6 is 0 Å². The fourth-order valence-corrected chi connectivity index (χ4v) is 1.81. The Kier molecular flexibility index (Phi) is 4.13. The highest BCUT2D eigenvalue weighted by Gasteiger charge is 2.17. The van der Waals surface area contributed by atoms with Crippen LogP contribution < -0.4 is 4.74 Å². The topological polar surface area (TPSA) is 26.3 Å². The molecule has 0 aliphatic carbocycles. The lowest BCUT2D eigenvalue weighted by Crippen LogP contribution is -2.24. The number of ether oxygens (including phenoxy) is 1. The van der Waals surface area contributed by atoms with Crippen molar-refractivity contribution in [3.05, 3.63) is 65.2 Å². The molecule has 1 atom stereocenters. The average Bonchev–Trinajstić information content (AvgIpc) is 2.37. The molecule has 1 unspecified atom stereocenters. The van der Waals surface area contributed by atoms with Crippen molar-refractivity contribution in [1.29, 1.82) is 0 Å². The van der Waals surface area contributed by atoms with Crippen LogP contribution in [-0.2, 0) is 0 Å². The largest absolute Gasteiger partial charge is 0.482 e. The second-order valence-corrected chi connectivity index (χ2v) is 4.60. The van der Waals surface area contributed by atoms with Gasteiger partial charge in [0.25, 0.3) is 0 Å². The van der Waals surface area contributed by atoms with E-state index in [0.29, 0.717) is 5.56 Å². The number of hydrogen-bond acceptors (Lipinski definition) is 2. The van der Waals surface area contributed by atoms with Crippen LogP contribution in [0.1, 0.15) is 22.8 Å². The fraction of sp³-hybridized carbons (Fsp3) is 0.188. The summed E-state index contributed by atoms with van der Waals surface area (Å²) in [6.45, 7) is 3.47. The van der Waals surface area contributed by atoms with E-state index in [1.54, 1.807) is 19.1 Å². The Morgan fingerprint density at radius 2 is 1.60 bits per heavy atom. The number of ketones is 1. The summed E-state index contributed by atoms with van der Waals surface area (Å²) in [6.07, 6.45) is -0.820. The number of hydrogen-bond donors (Lipinski definition) is 0. The SMILES string of the molecule is Cc1ccc(C(=O)C(C)Oc2cc(F)cc(F)c2)cc1. The number of carbonyl (C=O) groups is 1. The quantitative estimate of drug-likeness (QED) is 0.791. The average molecular weight is 276 g/mol. The molecule has 0 saturated carbocycles. The van der Waals surface area contributed by atoms with E-state index in [9.17, 15) is 13.6 Å². The van der Waals surface area contributed by atoms with Crippen molar-refractivity contribution < 1.29 is 18.3 Å². The Balaban J connectivity index is 2.13. The van der Waals surface area contributed by atoms with Gasteiger partial charge >= 0.3 is 0 Å². The van der Waals surface area contributed by atoms with Gasteiger partial charge in [0, 0.05) is 23.8 Å². The zero-order chi connectivity index (χ0) is 14.7.